The van der Waals surface area contributed by atoms with Crippen molar-refractivity contribution in [2.24, 2.45) is 0 Å². The summed E-state index contributed by atoms with van der Waals surface area (Å²) >= 11 is 0. The Morgan fingerprint density at radius 3 is 2.42 bits per heavy atom. The number of aryl methyl sites for hydroxylation is 2. The first-order chi connectivity index (χ1) is 15.0. The number of urea groups is 1. The van der Waals surface area contributed by atoms with Gasteiger partial charge < -0.3 is 15.1 Å². The minimum absolute atomic E-state index is 0.0484. The Balaban J connectivity index is 1.65. The number of hydrogen-bond acceptors (Lipinski definition) is 2. The number of fused-ring (bicyclic) bond motifs is 1. The van der Waals surface area contributed by atoms with E-state index in [2.05, 4.69) is 58.7 Å². The van der Waals surface area contributed by atoms with Crippen molar-refractivity contribution in [2.75, 3.05) is 24.3 Å². The molecule has 4 nitrogen and oxygen atoms in total. The van der Waals surface area contributed by atoms with Gasteiger partial charge in [-0.3, -0.25) is 0 Å². The summed E-state index contributed by atoms with van der Waals surface area (Å²) < 4.78 is 0. The van der Waals surface area contributed by atoms with Crippen molar-refractivity contribution in [1.82, 2.24) is 4.90 Å². The van der Waals surface area contributed by atoms with Gasteiger partial charge in [0.25, 0.3) is 0 Å². The molecule has 0 spiro atoms. The van der Waals surface area contributed by atoms with Crippen LogP contribution < -0.4 is 10.2 Å². The van der Waals surface area contributed by atoms with Gasteiger partial charge in [-0.25, -0.2) is 4.79 Å². The molecule has 4 heteroatoms. The summed E-state index contributed by atoms with van der Waals surface area (Å²) in [6, 6.07) is 25.0. The third-order valence-electron chi connectivity index (χ3n) is 6.17. The summed E-state index contributed by atoms with van der Waals surface area (Å²) in [7, 11) is 4.08. The van der Waals surface area contributed by atoms with Crippen molar-refractivity contribution in [3.63, 3.8) is 0 Å². The van der Waals surface area contributed by atoms with E-state index in [-0.39, 0.29) is 12.1 Å². The third-order valence-corrected chi connectivity index (χ3v) is 6.17. The topological polar surface area (TPSA) is 35.6 Å². The predicted molar refractivity (Wildman–Crippen MR) is 129 cm³/mol. The Morgan fingerprint density at radius 1 is 0.968 bits per heavy atom. The van der Waals surface area contributed by atoms with Gasteiger partial charge in [0.15, 0.2) is 0 Å². The van der Waals surface area contributed by atoms with E-state index < -0.39 is 0 Å². The highest BCUT2D eigenvalue weighted by Gasteiger charge is 2.29. The molecule has 0 aromatic heterocycles. The van der Waals surface area contributed by atoms with Crippen molar-refractivity contribution < 1.29 is 4.79 Å². The van der Waals surface area contributed by atoms with Gasteiger partial charge in [-0.1, -0.05) is 54.6 Å². The minimum Gasteiger partial charge on any atom is -0.378 e. The average Bonchev–Trinajstić information content (AvgIpc) is 2.79. The average molecular weight is 414 g/mol. The quantitative estimate of drug-likeness (QED) is 0.543. The number of nitrogens with one attached hydrogen (secondary N) is 1. The number of carbonyl (C=O) groups is 1. The second-order valence-electron chi connectivity index (χ2n) is 8.54. The van der Waals surface area contributed by atoms with E-state index in [1.54, 1.807) is 0 Å². The highest BCUT2D eigenvalue weighted by atomic mass is 16.2. The Labute approximate surface area is 185 Å². The number of carbonyl (C=O) groups excluding carboxylic acids is 1. The molecular formula is C27H31N3O. The maximum Gasteiger partial charge on any atom is 0.322 e. The van der Waals surface area contributed by atoms with Crippen molar-refractivity contribution in [1.29, 1.82) is 0 Å². The van der Waals surface area contributed by atoms with Gasteiger partial charge in [0.05, 0.1) is 6.04 Å². The molecule has 1 aliphatic carbocycles. The molecule has 3 aromatic rings. The molecule has 31 heavy (non-hydrogen) atoms. The first kappa shape index (κ1) is 21.0. The zero-order valence-electron chi connectivity index (χ0n) is 18.6. The van der Waals surface area contributed by atoms with E-state index in [1.165, 1.54) is 11.1 Å². The van der Waals surface area contributed by atoms with Crippen LogP contribution in [0.5, 0.6) is 0 Å². The number of amides is 2. The molecule has 4 rings (SSSR count). The Bertz CT molecular complexity index is 1040. The SMILES string of the molecule is Cc1ccccc1NC(=O)N(Cc1ccc(N(C)C)cc1)C1CCCc2ccccc21. The lowest BCUT2D eigenvalue weighted by molar-refractivity contribution is 0.175. The number of hydrogen-bond donors (Lipinski definition) is 1. The summed E-state index contributed by atoms with van der Waals surface area (Å²) in [6.07, 6.45) is 3.15. The van der Waals surface area contributed by atoms with E-state index in [9.17, 15) is 4.79 Å². The molecule has 0 fully saturated rings. The van der Waals surface area contributed by atoms with Gasteiger partial charge in [-0.05, 0) is 66.6 Å². The zero-order valence-corrected chi connectivity index (χ0v) is 18.6. The van der Waals surface area contributed by atoms with Gasteiger partial charge >= 0.3 is 6.03 Å². The first-order valence-corrected chi connectivity index (χ1v) is 11.0. The minimum atomic E-state index is -0.0484. The van der Waals surface area contributed by atoms with Crippen molar-refractivity contribution in [3.05, 3.63) is 95.1 Å². The fraction of sp³-hybridized carbons (Fsp3) is 0.296. The summed E-state index contributed by atoms with van der Waals surface area (Å²) in [5.74, 6) is 0. The van der Waals surface area contributed by atoms with Gasteiger partial charge in [-0.2, -0.15) is 0 Å². The smallest absolute Gasteiger partial charge is 0.322 e. The number of rotatable bonds is 5. The molecule has 0 saturated carbocycles. The number of benzene rings is 3. The van der Waals surface area contributed by atoms with Crippen LogP contribution >= 0.6 is 0 Å². The molecule has 1 unspecified atom stereocenters. The molecule has 0 bridgehead atoms. The van der Waals surface area contributed by atoms with Crippen LogP contribution in [0, 0.1) is 6.92 Å². The molecule has 0 heterocycles. The summed E-state index contributed by atoms with van der Waals surface area (Å²) in [6.45, 7) is 2.60. The fourth-order valence-corrected chi connectivity index (χ4v) is 4.37. The van der Waals surface area contributed by atoms with Crippen LogP contribution in [-0.2, 0) is 13.0 Å². The molecule has 2 amide bonds. The lowest BCUT2D eigenvalue weighted by atomic mass is 9.86. The van der Waals surface area contributed by atoms with E-state index in [0.29, 0.717) is 6.54 Å². The number of anilines is 2. The highest BCUT2D eigenvalue weighted by Crippen LogP contribution is 2.35. The Morgan fingerprint density at radius 2 is 1.68 bits per heavy atom. The van der Waals surface area contributed by atoms with E-state index in [4.69, 9.17) is 0 Å². The van der Waals surface area contributed by atoms with E-state index in [1.807, 2.05) is 50.2 Å². The van der Waals surface area contributed by atoms with Crippen LogP contribution in [0.3, 0.4) is 0 Å². The lowest BCUT2D eigenvalue weighted by Crippen LogP contribution is -2.39. The van der Waals surface area contributed by atoms with Gasteiger partial charge in [-0.15, -0.1) is 0 Å². The van der Waals surface area contributed by atoms with E-state index in [0.717, 1.165) is 41.8 Å². The molecular weight excluding hydrogens is 382 g/mol. The maximum atomic E-state index is 13.6. The van der Waals surface area contributed by atoms with Crippen molar-refractivity contribution in [2.45, 2.75) is 38.8 Å². The summed E-state index contributed by atoms with van der Waals surface area (Å²) in [5, 5.41) is 3.17. The molecule has 0 aliphatic heterocycles. The van der Waals surface area contributed by atoms with Crippen LogP contribution in [0.1, 0.15) is 41.1 Å². The van der Waals surface area contributed by atoms with Crippen molar-refractivity contribution >= 4 is 17.4 Å². The molecule has 0 radical (unpaired) electrons. The van der Waals surface area contributed by atoms with Crippen molar-refractivity contribution in [3.8, 4) is 0 Å². The van der Waals surface area contributed by atoms with E-state index >= 15 is 0 Å². The van der Waals surface area contributed by atoms with Gasteiger partial charge in [0.1, 0.15) is 0 Å². The number of para-hydroxylation sites is 1. The zero-order chi connectivity index (χ0) is 21.8. The lowest BCUT2D eigenvalue weighted by Gasteiger charge is -2.36. The van der Waals surface area contributed by atoms with Gasteiger partial charge in [0.2, 0.25) is 0 Å². The van der Waals surface area contributed by atoms with Gasteiger partial charge in [0, 0.05) is 32.0 Å². The summed E-state index contributed by atoms with van der Waals surface area (Å²) in [4.78, 5) is 17.7. The fourth-order valence-electron chi connectivity index (χ4n) is 4.37. The monoisotopic (exact) mass is 413 g/mol. The third kappa shape index (κ3) is 4.74. The predicted octanol–water partition coefficient (Wildman–Crippen LogP) is 6.17. The van der Waals surface area contributed by atoms with Crippen LogP contribution in [0.15, 0.2) is 72.8 Å². The maximum absolute atomic E-state index is 13.6. The second kappa shape index (κ2) is 9.25. The molecule has 1 atom stereocenters. The molecule has 3 aromatic carbocycles. The molecule has 160 valence electrons. The van der Waals surface area contributed by atoms with Crippen LogP contribution in [0.25, 0.3) is 0 Å². The molecule has 1 aliphatic rings. The standard InChI is InChI=1S/C27H31N3O/c1-20-9-4-7-13-25(20)28-27(31)30(19-21-15-17-23(18-16-21)29(2)3)26-14-8-11-22-10-5-6-12-24(22)26/h4-7,9-10,12-13,15-18,26H,8,11,14,19H2,1-3H3,(H,28,31). The van der Waals surface area contributed by atoms with Crippen LogP contribution in [0.2, 0.25) is 0 Å². The van der Waals surface area contributed by atoms with Crippen LogP contribution in [-0.4, -0.2) is 25.0 Å². The largest absolute Gasteiger partial charge is 0.378 e. The highest BCUT2D eigenvalue weighted by molar-refractivity contribution is 5.90. The molecule has 1 N–H and O–H groups in total. The number of nitrogens with zero attached hydrogens (tertiary/aromatic N) is 2. The Kier molecular flexibility index (Phi) is 6.26. The Hall–Kier alpha value is -3.27. The first-order valence-electron chi connectivity index (χ1n) is 11.0. The summed E-state index contributed by atoms with van der Waals surface area (Å²) in [5.41, 5.74) is 6.85. The second-order valence-corrected chi connectivity index (χ2v) is 8.54. The van der Waals surface area contributed by atoms with Crippen LogP contribution in [0.4, 0.5) is 16.2 Å². The molecule has 0 saturated heterocycles. The normalized spacial score (nSPS) is 15.1.